The van der Waals surface area contributed by atoms with Crippen molar-refractivity contribution in [3.05, 3.63) is 24.0 Å². The van der Waals surface area contributed by atoms with E-state index in [2.05, 4.69) is 36.7 Å². The molecular formula is C11H17ClN2. The number of halogens is 1. The average Bonchev–Trinajstić information content (AvgIpc) is 2.19. The van der Waals surface area contributed by atoms with Gasteiger partial charge < -0.3 is 4.90 Å². The van der Waals surface area contributed by atoms with Crippen LogP contribution >= 0.6 is 11.6 Å². The van der Waals surface area contributed by atoms with E-state index in [-0.39, 0.29) is 0 Å². The minimum atomic E-state index is 0.476. The van der Waals surface area contributed by atoms with Gasteiger partial charge in [-0.05, 0) is 32.9 Å². The van der Waals surface area contributed by atoms with E-state index in [0.717, 1.165) is 12.2 Å². The summed E-state index contributed by atoms with van der Waals surface area (Å²) in [5.41, 5.74) is 2.14. The molecule has 0 amide bonds. The molecule has 0 N–H and O–H groups in total. The molecule has 0 fully saturated rings. The number of pyridine rings is 1. The van der Waals surface area contributed by atoms with Gasteiger partial charge in [-0.3, -0.25) is 4.98 Å². The molecule has 0 spiro atoms. The topological polar surface area (TPSA) is 16.1 Å². The Balaban J connectivity index is 2.92. The van der Waals surface area contributed by atoms with Crippen LogP contribution in [0, 0.1) is 0 Å². The highest BCUT2D eigenvalue weighted by atomic mass is 35.5. The SMILES string of the molecule is CCN(c1ccnc(CCl)c1)C(C)C. The van der Waals surface area contributed by atoms with Crippen molar-refractivity contribution in [3.63, 3.8) is 0 Å². The van der Waals surface area contributed by atoms with E-state index in [0.29, 0.717) is 11.9 Å². The van der Waals surface area contributed by atoms with E-state index in [1.807, 2.05) is 12.3 Å². The van der Waals surface area contributed by atoms with Crippen LogP contribution in [0.3, 0.4) is 0 Å². The third kappa shape index (κ3) is 2.61. The minimum absolute atomic E-state index is 0.476. The lowest BCUT2D eigenvalue weighted by Gasteiger charge is -2.27. The average molecular weight is 213 g/mol. The molecule has 1 heterocycles. The standard InChI is InChI=1S/C11H17ClN2/c1-4-14(9(2)3)11-5-6-13-10(7-11)8-12/h5-7,9H,4,8H2,1-3H3. The molecule has 14 heavy (non-hydrogen) atoms. The maximum atomic E-state index is 5.75. The van der Waals surface area contributed by atoms with Crippen LogP contribution in [0.4, 0.5) is 5.69 Å². The number of aromatic nitrogens is 1. The van der Waals surface area contributed by atoms with Crippen LogP contribution in [-0.2, 0) is 5.88 Å². The third-order valence-corrected chi connectivity index (χ3v) is 2.51. The molecule has 0 radical (unpaired) electrons. The Hall–Kier alpha value is -0.760. The number of alkyl halides is 1. The lowest BCUT2D eigenvalue weighted by Crippen LogP contribution is -2.30. The Kier molecular flexibility index (Phi) is 4.21. The third-order valence-electron chi connectivity index (χ3n) is 2.23. The number of anilines is 1. The maximum absolute atomic E-state index is 5.75. The highest BCUT2D eigenvalue weighted by molar-refractivity contribution is 6.16. The van der Waals surface area contributed by atoms with Crippen LogP contribution in [0.25, 0.3) is 0 Å². The predicted octanol–water partition coefficient (Wildman–Crippen LogP) is 3.06. The monoisotopic (exact) mass is 212 g/mol. The lowest BCUT2D eigenvalue weighted by molar-refractivity contribution is 0.702. The van der Waals surface area contributed by atoms with Gasteiger partial charge in [0.05, 0.1) is 11.6 Å². The predicted molar refractivity (Wildman–Crippen MR) is 62.0 cm³/mol. The molecule has 0 aliphatic rings. The van der Waals surface area contributed by atoms with Crippen molar-refractivity contribution in [2.45, 2.75) is 32.7 Å². The van der Waals surface area contributed by atoms with Crippen molar-refractivity contribution in [3.8, 4) is 0 Å². The number of hydrogen-bond acceptors (Lipinski definition) is 2. The van der Waals surface area contributed by atoms with E-state index >= 15 is 0 Å². The van der Waals surface area contributed by atoms with Crippen molar-refractivity contribution < 1.29 is 0 Å². The summed E-state index contributed by atoms with van der Waals surface area (Å²) < 4.78 is 0. The molecule has 78 valence electrons. The molecule has 1 aromatic rings. The van der Waals surface area contributed by atoms with Crippen LogP contribution in [0.5, 0.6) is 0 Å². The van der Waals surface area contributed by atoms with Crippen LogP contribution in [0.1, 0.15) is 26.5 Å². The van der Waals surface area contributed by atoms with E-state index < -0.39 is 0 Å². The van der Waals surface area contributed by atoms with Gasteiger partial charge in [0.15, 0.2) is 0 Å². The van der Waals surface area contributed by atoms with E-state index in [9.17, 15) is 0 Å². The second-order valence-electron chi connectivity index (χ2n) is 3.52. The molecule has 0 unspecified atom stereocenters. The van der Waals surface area contributed by atoms with Gasteiger partial charge in [-0.15, -0.1) is 11.6 Å². The maximum Gasteiger partial charge on any atom is 0.0648 e. The van der Waals surface area contributed by atoms with Gasteiger partial charge in [-0.1, -0.05) is 0 Å². The summed E-state index contributed by atoms with van der Waals surface area (Å²) in [6.07, 6.45) is 1.82. The van der Waals surface area contributed by atoms with Gasteiger partial charge in [0.2, 0.25) is 0 Å². The summed E-state index contributed by atoms with van der Waals surface area (Å²) in [6.45, 7) is 7.53. The summed E-state index contributed by atoms with van der Waals surface area (Å²) in [7, 11) is 0. The van der Waals surface area contributed by atoms with Gasteiger partial charge in [0.25, 0.3) is 0 Å². The first-order chi connectivity index (χ1) is 6.69. The first kappa shape index (κ1) is 11.3. The molecule has 0 aliphatic carbocycles. The fraction of sp³-hybridized carbons (Fsp3) is 0.545. The van der Waals surface area contributed by atoms with Gasteiger partial charge >= 0.3 is 0 Å². The van der Waals surface area contributed by atoms with E-state index in [1.54, 1.807) is 0 Å². The van der Waals surface area contributed by atoms with Gasteiger partial charge in [-0.25, -0.2) is 0 Å². The molecule has 0 saturated carbocycles. The molecule has 3 heteroatoms. The zero-order valence-corrected chi connectivity index (χ0v) is 9.75. The number of rotatable bonds is 4. The van der Waals surface area contributed by atoms with Crippen LogP contribution in [-0.4, -0.2) is 17.6 Å². The van der Waals surface area contributed by atoms with Crippen LogP contribution < -0.4 is 4.90 Å². The summed E-state index contributed by atoms with van der Waals surface area (Å²) in [5.74, 6) is 0.476. The number of nitrogens with zero attached hydrogens (tertiary/aromatic N) is 2. The van der Waals surface area contributed by atoms with Crippen molar-refractivity contribution in [1.29, 1.82) is 0 Å². The molecule has 0 bridgehead atoms. The number of hydrogen-bond donors (Lipinski definition) is 0. The Morgan fingerprint density at radius 1 is 1.50 bits per heavy atom. The van der Waals surface area contributed by atoms with Gasteiger partial charge in [-0.2, -0.15) is 0 Å². The van der Waals surface area contributed by atoms with Crippen LogP contribution in [0.2, 0.25) is 0 Å². The van der Waals surface area contributed by atoms with Crippen molar-refractivity contribution >= 4 is 17.3 Å². The van der Waals surface area contributed by atoms with Crippen molar-refractivity contribution in [1.82, 2.24) is 4.98 Å². The minimum Gasteiger partial charge on any atom is -0.369 e. The summed E-state index contributed by atoms with van der Waals surface area (Å²) in [4.78, 5) is 6.49. The second-order valence-corrected chi connectivity index (χ2v) is 3.79. The molecule has 0 aliphatic heterocycles. The van der Waals surface area contributed by atoms with Gasteiger partial charge in [0, 0.05) is 24.5 Å². The highest BCUT2D eigenvalue weighted by Crippen LogP contribution is 2.17. The van der Waals surface area contributed by atoms with E-state index in [1.165, 1.54) is 5.69 Å². The van der Waals surface area contributed by atoms with E-state index in [4.69, 9.17) is 11.6 Å². The fourth-order valence-electron chi connectivity index (χ4n) is 1.56. The largest absolute Gasteiger partial charge is 0.369 e. The molecule has 1 rings (SSSR count). The quantitative estimate of drug-likeness (QED) is 0.714. The molecule has 0 aromatic carbocycles. The van der Waals surface area contributed by atoms with Gasteiger partial charge in [0.1, 0.15) is 0 Å². The Labute approximate surface area is 90.9 Å². The van der Waals surface area contributed by atoms with Crippen molar-refractivity contribution in [2.75, 3.05) is 11.4 Å². The first-order valence-electron chi connectivity index (χ1n) is 4.96. The Morgan fingerprint density at radius 2 is 2.21 bits per heavy atom. The molecule has 0 saturated heterocycles. The molecule has 1 aromatic heterocycles. The first-order valence-corrected chi connectivity index (χ1v) is 5.50. The molecular weight excluding hydrogens is 196 g/mol. The molecule has 2 nitrogen and oxygen atoms in total. The molecule has 0 atom stereocenters. The second kappa shape index (κ2) is 5.20. The zero-order valence-electron chi connectivity index (χ0n) is 9.00. The fourth-order valence-corrected chi connectivity index (χ4v) is 1.71. The van der Waals surface area contributed by atoms with Crippen LogP contribution in [0.15, 0.2) is 18.3 Å². The summed E-state index contributed by atoms with van der Waals surface area (Å²) in [6, 6.07) is 4.58. The normalized spacial score (nSPS) is 10.6. The highest BCUT2D eigenvalue weighted by Gasteiger charge is 2.08. The zero-order chi connectivity index (χ0) is 10.6. The Bertz CT molecular complexity index is 286. The summed E-state index contributed by atoms with van der Waals surface area (Å²) >= 11 is 5.75. The van der Waals surface area contributed by atoms with Crippen molar-refractivity contribution in [2.24, 2.45) is 0 Å². The Morgan fingerprint density at radius 3 is 2.71 bits per heavy atom. The summed E-state index contributed by atoms with van der Waals surface area (Å²) in [5, 5.41) is 0. The lowest BCUT2D eigenvalue weighted by atomic mass is 10.2. The smallest absolute Gasteiger partial charge is 0.0648 e.